The molecular weight excluding hydrogens is 356 g/mol. The number of amides is 1. The monoisotopic (exact) mass is 380 g/mol. The van der Waals surface area contributed by atoms with Crippen LogP contribution in [0.1, 0.15) is 40.0 Å². The molecule has 0 spiro atoms. The van der Waals surface area contributed by atoms with Crippen LogP contribution in [0.25, 0.3) is 22.2 Å². The second-order valence-corrected chi connectivity index (χ2v) is 7.55. The van der Waals surface area contributed by atoms with E-state index in [1.165, 1.54) is 5.56 Å². The van der Waals surface area contributed by atoms with Gasteiger partial charge in [-0.3, -0.25) is 4.79 Å². The number of hydrogen-bond donors (Lipinski definition) is 1. The minimum Gasteiger partial charge on any atom is -0.345 e. The smallest absolute Gasteiger partial charge is 0.252 e. The maximum Gasteiger partial charge on any atom is 0.252 e. The van der Waals surface area contributed by atoms with E-state index in [0.29, 0.717) is 5.56 Å². The molecule has 0 saturated heterocycles. The van der Waals surface area contributed by atoms with Gasteiger partial charge in [-0.2, -0.15) is 0 Å². The van der Waals surface area contributed by atoms with Crippen LogP contribution in [-0.2, 0) is 0 Å². The molecule has 1 amide bonds. The van der Waals surface area contributed by atoms with Crippen molar-refractivity contribution in [3.8, 4) is 11.3 Å². The van der Waals surface area contributed by atoms with Crippen molar-refractivity contribution in [3.63, 3.8) is 0 Å². The van der Waals surface area contributed by atoms with Gasteiger partial charge >= 0.3 is 0 Å². The summed E-state index contributed by atoms with van der Waals surface area (Å²) in [6, 6.07) is 26.0. The van der Waals surface area contributed by atoms with Crippen LogP contribution in [0.5, 0.6) is 0 Å². The van der Waals surface area contributed by atoms with Gasteiger partial charge in [0.05, 0.1) is 22.8 Å². The van der Waals surface area contributed by atoms with Crippen LogP contribution in [0.2, 0.25) is 0 Å². The first kappa shape index (κ1) is 18.9. The average Bonchev–Trinajstić information content (AvgIpc) is 2.73. The van der Waals surface area contributed by atoms with E-state index in [4.69, 9.17) is 4.98 Å². The number of rotatable bonds is 4. The van der Waals surface area contributed by atoms with Crippen LogP contribution in [0.4, 0.5) is 0 Å². The molecule has 0 saturated carbocycles. The molecule has 4 rings (SSSR count). The van der Waals surface area contributed by atoms with Gasteiger partial charge in [0.15, 0.2) is 0 Å². The number of para-hydroxylation sites is 1. The minimum atomic E-state index is -0.0921. The second kappa shape index (κ2) is 7.88. The van der Waals surface area contributed by atoms with Crippen molar-refractivity contribution in [1.82, 2.24) is 10.3 Å². The third-order valence-corrected chi connectivity index (χ3v) is 5.20. The van der Waals surface area contributed by atoms with Crippen LogP contribution in [0.3, 0.4) is 0 Å². The molecule has 3 nitrogen and oxygen atoms in total. The summed E-state index contributed by atoms with van der Waals surface area (Å²) in [5.74, 6) is -0.0921. The number of carbonyl (C=O) groups is 1. The van der Waals surface area contributed by atoms with Crippen LogP contribution in [0.15, 0.2) is 78.9 Å². The Morgan fingerprint density at radius 2 is 1.62 bits per heavy atom. The molecule has 3 aromatic carbocycles. The number of carbonyl (C=O) groups excluding carboxylic acids is 1. The first-order chi connectivity index (χ1) is 14.0. The third kappa shape index (κ3) is 4.04. The maximum absolute atomic E-state index is 13.2. The standard InChI is InChI=1S/C26H24N2O/c1-17-11-13-20(14-12-17)19(3)27-26(29)23-16-25(21-8-6-7-18(2)15-21)28-24-10-5-4-9-22(23)24/h4-16,19H,1-3H3,(H,27,29). The summed E-state index contributed by atoms with van der Waals surface area (Å²) in [7, 11) is 0. The number of benzene rings is 3. The second-order valence-electron chi connectivity index (χ2n) is 7.55. The van der Waals surface area contributed by atoms with E-state index in [9.17, 15) is 4.79 Å². The molecule has 3 heteroatoms. The third-order valence-electron chi connectivity index (χ3n) is 5.20. The highest BCUT2D eigenvalue weighted by atomic mass is 16.1. The molecule has 0 fully saturated rings. The lowest BCUT2D eigenvalue weighted by Crippen LogP contribution is -2.27. The molecule has 0 aliphatic carbocycles. The Balaban J connectivity index is 1.73. The highest BCUT2D eigenvalue weighted by Gasteiger charge is 2.16. The van der Waals surface area contributed by atoms with Crippen LogP contribution in [-0.4, -0.2) is 10.9 Å². The summed E-state index contributed by atoms with van der Waals surface area (Å²) in [5.41, 5.74) is 6.73. The van der Waals surface area contributed by atoms with Crippen molar-refractivity contribution in [2.24, 2.45) is 0 Å². The van der Waals surface area contributed by atoms with Gasteiger partial charge in [0.2, 0.25) is 0 Å². The van der Waals surface area contributed by atoms with Gasteiger partial charge in [0.25, 0.3) is 5.91 Å². The predicted molar refractivity (Wildman–Crippen MR) is 119 cm³/mol. The molecule has 29 heavy (non-hydrogen) atoms. The molecule has 1 N–H and O–H groups in total. The Hall–Kier alpha value is -3.46. The first-order valence-electron chi connectivity index (χ1n) is 9.85. The molecule has 144 valence electrons. The quantitative estimate of drug-likeness (QED) is 0.471. The Morgan fingerprint density at radius 1 is 0.862 bits per heavy atom. The van der Waals surface area contributed by atoms with Gasteiger partial charge in [-0.1, -0.05) is 71.8 Å². The number of nitrogens with zero attached hydrogens (tertiary/aromatic N) is 1. The zero-order valence-electron chi connectivity index (χ0n) is 16.9. The minimum absolute atomic E-state index is 0.0857. The Morgan fingerprint density at radius 3 is 2.38 bits per heavy atom. The van der Waals surface area contributed by atoms with Crippen molar-refractivity contribution in [2.45, 2.75) is 26.8 Å². The van der Waals surface area contributed by atoms with E-state index in [0.717, 1.165) is 33.3 Å². The van der Waals surface area contributed by atoms with Crippen molar-refractivity contribution in [2.75, 3.05) is 0 Å². The molecule has 0 aliphatic rings. The zero-order valence-corrected chi connectivity index (χ0v) is 16.9. The summed E-state index contributed by atoms with van der Waals surface area (Å²) >= 11 is 0. The van der Waals surface area contributed by atoms with Crippen molar-refractivity contribution < 1.29 is 4.79 Å². The molecule has 1 heterocycles. The maximum atomic E-state index is 13.2. The van der Waals surface area contributed by atoms with Gasteiger partial charge in [-0.25, -0.2) is 4.98 Å². The molecule has 0 aliphatic heterocycles. The highest BCUT2D eigenvalue weighted by molar-refractivity contribution is 6.07. The fraction of sp³-hybridized carbons (Fsp3) is 0.154. The van der Waals surface area contributed by atoms with E-state index in [1.54, 1.807) is 0 Å². The fourth-order valence-electron chi connectivity index (χ4n) is 3.53. The highest BCUT2D eigenvalue weighted by Crippen LogP contribution is 2.26. The van der Waals surface area contributed by atoms with E-state index in [2.05, 4.69) is 55.6 Å². The van der Waals surface area contributed by atoms with Gasteiger partial charge in [-0.05, 0) is 44.5 Å². The SMILES string of the molecule is Cc1ccc(C(C)NC(=O)c2cc(-c3cccc(C)c3)nc3ccccc23)cc1. The molecular formula is C26H24N2O. The van der Waals surface area contributed by atoms with Gasteiger partial charge in [0.1, 0.15) is 0 Å². The number of nitrogens with one attached hydrogen (secondary N) is 1. The molecule has 0 bridgehead atoms. The lowest BCUT2D eigenvalue weighted by molar-refractivity contribution is 0.0941. The largest absolute Gasteiger partial charge is 0.345 e. The number of fused-ring (bicyclic) bond motifs is 1. The summed E-state index contributed by atoms with van der Waals surface area (Å²) in [6.07, 6.45) is 0. The lowest BCUT2D eigenvalue weighted by atomic mass is 10.0. The number of hydrogen-bond acceptors (Lipinski definition) is 2. The summed E-state index contributed by atoms with van der Waals surface area (Å²) < 4.78 is 0. The van der Waals surface area contributed by atoms with Crippen molar-refractivity contribution in [1.29, 1.82) is 0 Å². The van der Waals surface area contributed by atoms with Gasteiger partial charge < -0.3 is 5.32 Å². The predicted octanol–water partition coefficient (Wildman–Crippen LogP) is 6.01. The number of aromatic nitrogens is 1. The molecule has 1 atom stereocenters. The van der Waals surface area contributed by atoms with E-state index in [-0.39, 0.29) is 11.9 Å². The van der Waals surface area contributed by atoms with E-state index >= 15 is 0 Å². The van der Waals surface area contributed by atoms with Crippen molar-refractivity contribution in [3.05, 3.63) is 101 Å². The molecule has 1 unspecified atom stereocenters. The average molecular weight is 380 g/mol. The number of pyridine rings is 1. The number of aryl methyl sites for hydroxylation is 2. The normalized spacial score (nSPS) is 12.0. The topological polar surface area (TPSA) is 42.0 Å². The lowest BCUT2D eigenvalue weighted by Gasteiger charge is -2.16. The zero-order chi connectivity index (χ0) is 20.4. The summed E-state index contributed by atoms with van der Waals surface area (Å²) in [4.78, 5) is 18.0. The van der Waals surface area contributed by atoms with Gasteiger partial charge in [-0.15, -0.1) is 0 Å². The van der Waals surface area contributed by atoms with Gasteiger partial charge in [0, 0.05) is 10.9 Å². The summed E-state index contributed by atoms with van der Waals surface area (Å²) in [6.45, 7) is 6.12. The first-order valence-corrected chi connectivity index (χ1v) is 9.85. The molecule has 4 aromatic rings. The van der Waals surface area contributed by atoms with Crippen LogP contribution in [0, 0.1) is 13.8 Å². The van der Waals surface area contributed by atoms with Crippen molar-refractivity contribution >= 4 is 16.8 Å². The Labute approximate surface area is 171 Å². The van der Waals surface area contributed by atoms with Crippen LogP contribution >= 0.6 is 0 Å². The van der Waals surface area contributed by atoms with E-state index < -0.39 is 0 Å². The fourth-order valence-corrected chi connectivity index (χ4v) is 3.53. The Bertz CT molecular complexity index is 1180. The molecule has 0 radical (unpaired) electrons. The Kier molecular flexibility index (Phi) is 5.13. The van der Waals surface area contributed by atoms with E-state index in [1.807, 2.05) is 49.4 Å². The summed E-state index contributed by atoms with van der Waals surface area (Å²) in [5, 5.41) is 4.01. The van der Waals surface area contributed by atoms with Crippen LogP contribution < -0.4 is 5.32 Å². The molecule has 1 aromatic heterocycles.